The van der Waals surface area contributed by atoms with E-state index < -0.39 is 0 Å². The molecule has 0 spiro atoms. The van der Waals surface area contributed by atoms with Gasteiger partial charge < -0.3 is 4.90 Å². The van der Waals surface area contributed by atoms with Gasteiger partial charge in [0.15, 0.2) is 0 Å². The summed E-state index contributed by atoms with van der Waals surface area (Å²) in [5.41, 5.74) is 4.36. The number of hydrogen-bond acceptors (Lipinski definition) is 1. The lowest BCUT2D eigenvalue weighted by molar-refractivity contribution is 0.796. The van der Waals surface area contributed by atoms with Gasteiger partial charge in [-0.25, -0.2) is 0 Å². The summed E-state index contributed by atoms with van der Waals surface area (Å²) < 4.78 is 0. The maximum Gasteiger partial charge on any atom is 0.0429 e. The molecule has 2 rings (SSSR count). The van der Waals surface area contributed by atoms with Crippen LogP contribution in [0.4, 0.5) is 5.69 Å². The number of anilines is 1. The highest BCUT2D eigenvalue weighted by Crippen LogP contribution is 2.36. The molecule has 0 N–H and O–H groups in total. The van der Waals surface area contributed by atoms with Crippen LogP contribution in [0.15, 0.2) is 18.2 Å². The molecule has 64 valence electrons. The van der Waals surface area contributed by atoms with Crippen LogP contribution in [0.3, 0.4) is 0 Å². The van der Waals surface area contributed by atoms with Gasteiger partial charge >= 0.3 is 0 Å². The molecule has 0 bridgehead atoms. The molecule has 0 saturated carbocycles. The molecule has 1 aromatic carbocycles. The lowest BCUT2D eigenvalue weighted by Gasteiger charge is -2.14. The van der Waals surface area contributed by atoms with Crippen LogP contribution in [-0.4, -0.2) is 13.6 Å². The fraction of sp³-hybridized carbons (Fsp3) is 0.455. The zero-order valence-electron chi connectivity index (χ0n) is 7.96. The Morgan fingerprint density at radius 1 is 1.42 bits per heavy atom. The van der Waals surface area contributed by atoms with Gasteiger partial charge in [-0.15, -0.1) is 0 Å². The molecular weight excluding hydrogens is 146 g/mol. The van der Waals surface area contributed by atoms with Crippen molar-refractivity contribution in [1.82, 2.24) is 0 Å². The smallest absolute Gasteiger partial charge is 0.0429 e. The predicted molar refractivity (Wildman–Crippen MR) is 52.9 cm³/mol. The molecule has 1 unspecified atom stereocenters. The first-order chi connectivity index (χ1) is 5.70. The van der Waals surface area contributed by atoms with Gasteiger partial charge in [-0.1, -0.05) is 25.1 Å². The van der Waals surface area contributed by atoms with Crippen molar-refractivity contribution in [2.45, 2.75) is 19.8 Å². The summed E-state index contributed by atoms with van der Waals surface area (Å²) in [5.74, 6) is 0.699. The first-order valence-corrected chi connectivity index (χ1v) is 4.51. The highest BCUT2D eigenvalue weighted by Gasteiger charge is 2.23. The normalized spacial score (nSPS) is 21.2. The van der Waals surface area contributed by atoms with Crippen LogP contribution in [0.1, 0.15) is 24.0 Å². The van der Waals surface area contributed by atoms with Crippen LogP contribution >= 0.6 is 0 Å². The lowest BCUT2D eigenvalue weighted by Crippen LogP contribution is -2.14. The van der Waals surface area contributed by atoms with E-state index >= 15 is 0 Å². The SMILES string of the molecule is Cc1cccc2c1N(C)CC2C. The van der Waals surface area contributed by atoms with Crippen molar-refractivity contribution >= 4 is 5.69 Å². The van der Waals surface area contributed by atoms with Crippen LogP contribution < -0.4 is 4.90 Å². The number of fused-ring (bicyclic) bond motifs is 1. The Morgan fingerprint density at radius 3 is 2.83 bits per heavy atom. The summed E-state index contributed by atoms with van der Waals surface area (Å²) in [4.78, 5) is 2.36. The van der Waals surface area contributed by atoms with E-state index in [2.05, 4.69) is 44.0 Å². The van der Waals surface area contributed by atoms with Crippen molar-refractivity contribution < 1.29 is 0 Å². The fourth-order valence-corrected chi connectivity index (χ4v) is 2.20. The summed E-state index contributed by atoms with van der Waals surface area (Å²) in [6, 6.07) is 6.59. The monoisotopic (exact) mass is 161 g/mol. The standard InChI is InChI=1S/C11H15N/c1-8-5-4-6-10-9(2)7-12(3)11(8)10/h4-6,9H,7H2,1-3H3. The molecule has 0 saturated heterocycles. The first kappa shape index (κ1) is 7.66. The van der Waals surface area contributed by atoms with Gasteiger partial charge in [0.25, 0.3) is 0 Å². The molecule has 1 heteroatoms. The molecular formula is C11H15N. The van der Waals surface area contributed by atoms with E-state index in [1.54, 1.807) is 0 Å². The van der Waals surface area contributed by atoms with Gasteiger partial charge in [-0.2, -0.15) is 0 Å². The largest absolute Gasteiger partial charge is 0.374 e. The Hall–Kier alpha value is -0.980. The second kappa shape index (κ2) is 2.51. The Bertz CT molecular complexity index is 304. The van der Waals surface area contributed by atoms with Crippen LogP contribution in [0.2, 0.25) is 0 Å². The van der Waals surface area contributed by atoms with Gasteiger partial charge in [0.05, 0.1) is 0 Å². The zero-order valence-corrected chi connectivity index (χ0v) is 7.96. The average Bonchev–Trinajstić information content (AvgIpc) is 2.29. The number of aryl methyl sites for hydroxylation is 1. The van der Waals surface area contributed by atoms with Gasteiger partial charge in [0, 0.05) is 25.2 Å². The molecule has 1 nitrogen and oxygen atoms in total. The van der Waals surface area contributed by atoms with E-state index in [1.165, 1.54) is 23.4 Å². The summed E-state index contributed by atoms with van der Waals surface area (Å²) >= 11 is 0. The Kier molecular flexibility index (Phi) is 1.60. The van der Waals surface area contributed by atoms with Gasteiger partial charge in [0.1, 0.15) is 0 Å². The summed E-state index contributed by atoms with van der Waals surface area (Å²) in [7, 11) is 2.18. The van der Waals surface area contributed by atoms with Gasteiger partial charge in [0.2, 0.25) is 0 Å². The Balaban J connectivity index is 2.59. The molecule has 0 amide bonds. The van der Waals surface area contributed by atoms with Crippen molar-refractivity contribution in [2.24, 2.45) is 0 Å². The van der Waals surface area contributed by atoms with E-state index in [-0.39, 0.29) is 0 Å². The molecule has 1 aliphatic heterocycles. The summed E-state index contributed by atoms with van der Waals surface area (Å²) in [6.07, 6.45) is 0. The molecule has 0 fully saturated rings. The maximum absolute atomic E-state index is 2.36. The second-order valence-electron chi connectivity index (χ2n) is 3.79. The van der Waals surface area contributed by atoms with Crippen LogP contribution in [0, 0.1) is 6.92 Å². The minimum absolute atomic E-state index is 0.699. The van der Waals surface area contributed by atoms with Gasteiger partial charge in [-0.05, 0) is 18.1 Å². The number of likely N-dealkylation sites (N-methyl/N-ethyl adjacent to an activating group) is 1. The molecule has 0 aromatic heterocycles. The molecule has 1 heterocycles. The zero-order chi connectivity index (χ0) is 8.72. The number of rotatable bonds is 0. The minimum Gasteiger partial charge on any atom is -0.374 e. The van der Waals surface area contributed by atoms with Crippen molar-refractivity contribution in [2.75, 3.05) is 18.5 Å². The third kappa shape index (κ3) is 0.927. The predicted octanol–water partition coefficient (Wildman–Crippen LogP) is 2.55. The van der Waals surface area contributed by atoms with Gasteiger partial charge in [-0.3, -0.25) is 0 Å². The highest BCUT2D eigenvalue weighted by atomic mass is 15.1. The Morgan fingerprint density at radius 2 is 2.17 bits per heavy atom. The second-order valence-corrected chi connectivity index (χ2v) is 3.79. The Labute approximate surface area is 74.0 Å². The number of benzene rings is 1. The molecule has 1 aromatic rings. The molecule has 1 aliphatic rings. The number of hydrogen-bond donors (Lipinski definition) is 0. The maximum atomic E-state index is 2.36. The van der Waals surface area contributed by atoms with Crippen molar-refractivity contribution in [3.8, 4) is 0 Å². The topological polar surface area (TPSA) is 3.24 Å². The first-order valence-electron chi connectivity index (χ1n) is 4.51. The fourth-order valence-electron chi connectivity index (χ4n) is 2.20. The molecule has 1 atom stereocenters. The lowest BCUT2D eigenvalue weighted by atomic mass is 10.0. The van der Waals surface area contributed by atoms with E-state index in [4.69, 9.17) is 0 Å². The van der Waals surface area contributed by atoms with Crippen LogP contribution in [0.5, 0.6) is 0 Å². The average molecular weight is 161 g/mol. The number of nitrogens with zero attached hydrogens (tertiary/aromatic N) is 1. The summed E-state index contributed by atoms with van der Waals surface area (Å²) in [5, 5.41) is 0. The molecule has 0 aliphatic carbocycles. The van der Waals surface area contributed by atoms with E-state index in [0.717, 1.165) is 0 Å². The number of para-hydroxylation sites is 1. The third-order valence-corrected chi connectivity index (χ3v) is 2.73. The van der Waals surface area contributed by atoms with Crippen LogP contribution in [0.25, 0.3) is 0 Å². The summed E-state index contributed by atoms with van der Waals surface area (Å²) in [6.45, 7) is 5.65. The van der Waals surface area contributed by atoms with E-state index in [0.29, 0.717) is 5.92 Å². The van der Waals surface area contributed by atoms with E-state index in [1.807, 2.05) is 0 Å². The van der Waals surface area contributed by atoms with Crippen molar-refractivity contribution in [1.29, 1.82) is 0 Å². The van der Waals surface area contributed by atoms with Crippen molar-refractivity contribution in [3.63, 3.8) is 0 Å². The molecule has 0 radical (unpaired) electrons. The van der Waals surface area contributed by atoms with Crippen molar-refractivity contribution in [3.05, 3.63) is 29.3 Å². The quantitative estimate of drug-likeness (QED) is 0.565. The van der Waals surface area contributed by atoms with E-state index in [9.17, 15) is 0 Å². The molecule has 12 heavy (non-hydrogen) atoms. The van der Waals surface area contributed by atoms with Crippen LogP contribution in [-0.2, 0) is 0 Å². The minimum atomic E-state index is 0.699. The highest BCUT2D eigenvalue weighted by molar-refractivity contribution is 5.64. The third-order valence-electron chi connectivity index (χ3n) is 2.73.